The highest BCUT2D eigenvalue weighted by atomic mass is 19.4. The van der Waals surface area contributed by atoms with E-state index in [0.717, 1.165) is 48.5 Å². The largest absolute Gasteiger partial charge is 0.466 e. The summed E-state index contributed by atoms with van der Waals surface area (Å²) in [4.78, 5) is 42.3. The molecule has 1 aliphatic rings. The molecule has 51 heavy (non-hydrogen) atoms. The van der Waals surface area contributed by atoms with E-state index in [-0.39, 0.29) is 42.1 Å². The fraction of sp³-hybridized carbons (Fsp3) is 0.447. The monoisotopic (exact) mass is 717 g/mol. The van der Waals surface area contributed by atoms with Crippen LogP contribution >= 0.6 is 0 Å². The molecule has 2 unspecified atom stereocenters. The number of amides is 1. The highest BCUT2D eigenvalue weighted by Crippen LogP contribution is 2.38. The number of nitrogens with one attached hydrogen (secondary N) is 1. The average molecular weight is 718 g/mol. The number of esters is 1. The van der Waals surface area contributed by atoms with Crippen molar-refractivity contribution in [1.29, 1.82) is 0 Å². The van der Waals surface area contributed by atoms with E-state index in [2.05, 4.69) is 11.2 Å². The predicted molar refractivity (Wildman–Crippen MR) is 180 cm³/mol. The number of benzene rings is 2. The molecule has 7 nitrogen and oxygen atoms in total. The van der Waals surface area contributed by atoms with Crippen LogP contribution in [0.25, 0.3) is 11.1 Å². The van der Waals surface area contributed by atoms with E-state index >= 15 is 8.78 Å². The quantitative estimate of drug-likeness (QED) is 0.115. The van der Waals surface area contributed by atoms with Crippen molar-refractivity contribution in [2.24, 2.45) is 5.92 Å². The molecule has 0 spiro atoms. The third-order valence-electron chi connectivity index (χ3n) is 8.95. The van der Waals surface area contributed by atoms with Crippen LogP contribution < -0.4 is 10.9 Å². The number of alkyl halides is 3. The van der Waals surface area contributed by atoms with E-state index in [1.54, 1.807) is 13.8 Å². The second-order valence-corrected chi connectivity index (χ2v) is 13.2. The number of likely N-dealkylation sites (tertiary alicyclic amines) is 1. The number of nitrogens with zero attached hydrogens (tertiary/aromatic N) is 2. The average Bonchev–Trinajstić information content (AvgIpc) is 2.99. The number of hydrogen-bond acceptors (Lipinski definition) is 5. The number of halogens is 6. The minimum atomic E-state index is -4.83. The van der Waals surface area contributed by atoms with Gasteiger partial charge in [-0.05, 0) is 99.5 Å². The van der Waals surface area contributed by atoms with E-state index in [1.165, 1.54) is 20.8 Å². The lowest BCUT2D eigenvalue weighted by atomic mass is 9.89. The number of carbonyl (C=O) groups excluding carboxylic acids is 2. The van der Waals surface area contributed by atoms with Crippen molar-refractivity contribution >= 4 is 11.9 Å². The van der Waals surface area contributed by atoms with Gasteiger partial charge in [-0.3, -0.25) is 14.4 Å². The van der Waals surface area contributed by atoms with Gasteiger partial charge in [0.2, 0.25) is 5.91 Å². The maximum atomic E-state index is 16.7. The Morgan fingerprint density at radius 3 is 2.22 bits per heavy atom. The Kier molecular flexibility index (Phi) is 12.4. The third-order valence-corrected chi connectivity index (χ3v) is 8.95. The number of aromatic nitrogens is 1. The van der Waals surface area contributed by atoms with Gasteiger partial charge in [-0.2, -0.15) is 13.2 Å². The van der Waals surface area contributed by atoms with Crippen molar-refractivity contribution in [2.45, 2.75) is 78.6 Å². The first-order chi connectivity index (χ1) is 24.0. The molecule has 0 bridgehead atoms. The van der Waals surface area contributed by atoms with Crippen LogP contribution in [0.1, 0.15) is 85.5 Å². The molecule has 1 aromatic heterocycles. The zero-order valence-electron chi connectivity index (χ0n) is 29.1. The Balaban J connectivity index is 1.86. The number of pyridine rings is 1. The van der Waals surface area contributed by atoms with E-state index in [9.17, 15) is 31.9 Å². The highest BCUT2D eigenvalue weighted by Gasteiger charge is 2.37. The molecule has 1 saturated heterocycles. The van der Waals surface area contributed by atoms with Crippen molar-refractivity contribution in [1.82, 2.24) is 14.8 Å². The van der Waals surface area contributed by atoms with Gasteiger partial charge in [0.15, 0.2) is 0 Å². The van der Waals surface area contributed by atoms with Gasteiger partial charge in [0.25, 0.3) is 5.56 Å². The summed E-state index contributed by atoms with van der Waals surface area (Å²) >= 11 is 0. The number of aryl methyl sites for hydroxylation is 2. The van der Waals surface area contributed by atoms with E-state index < -0.39 is 76.3 Å². The van der Waals surface area contributed by atoms with Gasteiger partial charge < -0.3 is 19.5 Å². The van der Waals surface area contributed by atoms with Crippen LogP contribution in [-0.2, 0) is 26.9 Å². The number of hydrogen-bond donors (Lipinski definition) is 1. The zero-order chi connectivity index (χ0) is 37.8. The van der Waals surface area contributed by atoms with Gasteiger partial charge in [-0.15, -0.1) is 6.42 Å². The molecule has 1 amide bonds. The molecule has 13 heteroatoms. The van der Waals surface area contributed by atoms with Gasteiger partial charge in [0.05, 0.1) is 30.2 Å². The van der Waals surface area contributed by atoms with E-state index in [4.69, 9.17) is 11.2 Å². The molecule has 3 aromatic rings. The molecule has 274 valence electrons. The summed E-state index contributed by atoms with van der Waals surface area (Å²) in [5.74, 6) is -3.04. The van der Waals surface area contributed by atoms with Gasteiger partial charge in [0, 0.05) is 29.9 Å². The topological polar surface area (TPSA) is 80.6 Å². The summed E-state index contributed by atoms with van der Waals surface area (Å²) in [7, 11) is 0. The maximum Gasteiger partial charge on any atom is 0.416 e. The van der Waals surface area contributed by atoms with Crippen LogP contribution in [0.2, 0.25) is 0 Å². The number of ether oxygens (including phenoxy) is 1. The van der Waals surface area contributed by atoms with Crippen LogP contribution in [-0.4, -0.2) is 47.6 Å². The smallest absolute Gasteiger partial charge is 0.416 e. The molecular formula is C38H41F6N3O4. The summed E-state index contributed by atoms with van der Waals surface area (Å²) in [6.07, 6.45) is 1.85. The van der Waals surface area contributed by atoms with Crippen molar-refractivity contribution in [2.75, 3.05) is 26.2 Å². The molecular weight excluding hydrogens is 676 g/mol. The molecule has 0 radical (unpaired) electrons. The second-order valence-electron chi connectivity index (χ2n) is 13.2. The first-order valence-corrected chi connectivity index (χ1v) is 16.7. The zero-order valence-corrected chi connectivity index (χ0v) is 29.1. The highest BCUT2D eigenvalue weighted by molar-refractivity contribution is 5.82. The first kappa shape index (κ1) is 39.2. The Morgan fingerprint density at radius 1 is 1.04 bits per heavy atom. The van der Waals surface area contributed by atoms with Gasteiger partial charge in [-0.25, -0.2) is 13.2 Å². The van der Waals surface area contributed by atoms with Crippen molar-refractivity contribution < 1.29 is 40.7 Å². The maximum absolute atomic E-state index is 16.7. The summed E-state index contributed by atoms with van der Waals surface area (Å²) in [6, 6.07) is 0.682. The molecule has 1 aliphatic heterocycles. The molecule has 1 fully saturated rings. The third kappa shape index (κ3) is 9.03. The lowest BCUT2D eigenvalue weighted by Gasteiger charge is -2.31. The standard InChI is InChI=1S/C38H41F6N3O4/c1-7-24-17-27(33-22(5)15-26(39)16-23(33)6)36(41)34(35(24)40)29(19-32(49)51-8-2)45-37(50)30(14-21(3)4)47-20-25(10-13-46-11-9-12-46)28(18-31(47)48)38(42,43)44/h1,15-18,20-21,29-30H,8-14,19H2,2-6H3,(H,45,50). The summed E-state index contributed by atoms with van der Waals surface area (Å²) in [5, 5.41) is 2.50. The molecule has 2 atom stereocenters. The van der Waals surface area contributed by atoms with Gasteiger partial charge in [0.1, 0.15) is 23.5 Å². The Morgan fingerprint density at radius 2 is 1.69 bits per heavy atom. The molecule has 2 heterocycles. The van der Waals surface area contributed by atoms with Crippen LogP contribution in [0.5, 0.6) is 0 Å². The fourth-order valence-electron chi connectivity index (χ4n) is 6.44. The van der Waals surface area contributed by atoms with Crippen molar-refractivity contribution in [3.8, 4) is 23.5 Å². The molecule has 0 aliphatic carbocycles. The van der Waals surface area contributed by atoms with E-state index in [0.29, 0.717) is 23.7 Å². The van der Waals surface area contributed by atoms with Crippen LogP contribution in [0.15, 0.2) is 35.3 Å². The molecule has 4 rings (SSSR count). The number of rotatable bonds is 13. The van der Waals surface area contributed by atoms with Crippen LogP contribution in [0.3, 0.4) is 0 Å². The molecule has 0 saturated carbocycles. The Labute approximate surface area is 293 Å². The minimum absolute atomic E-state index is 0.0447. The van der Waals surface area contributed by atoms with Gasteiger partial charge >= 0.3 is 12.1 Å². The number of carbonyl (C=O) groups is 2. The summed E-state index contributed by atoms with van der Waals surface area (Å²) < 4.78 is 95.1. The normalized spacial score (nSPS) is 14.5. The van der Waals surface area contributed by atoms with Crippen LogP contribution in [0.4, 0.5) is 26.3 Å². The predicted octanol–water partition coefficient (Wildman–Crippen LogP) is 7.20. The fourth-order valence-corrected chi connectivity index (χ4v) is 6.44. The SMILES string of the molecule is C#Cc1cc(-c2c(C)cc(F)cc2C)c(F)c(C(CC(=O)OCC)NC(=O)C(CC(C)C)n2cc(CCN3CCC3)c(C(F)(F)F)cc2=O)c1F. The Hall–Kier alpha value is -4.57. The van der Waals surface area contributed by atoms with Crippen molar-refractivity contribution in [3.63, 3.8) is 0 Å². The van der Waals surface area contributed by atoms with Crippen molar-refractivity contribution in [3.05, 3.63) is 91.6 Å². The van der Waals surface area contributed by atoms with Crippen LogP contribution in [0, 0.1) is 49.6 Å². The first-order valence-electron chi connectivity index (χ1n) is 16.7. The lowest BCUT2D eigenvalue weighted by molar-refractivity contribution is -0.144. The number of terminal acetylenes is 1. The lowest BCUT2D eigenvalue weighted by Crippen LogP contribution is -2.41. The summed E-state index contributed by atoms with van der Waals surface area (Å²) in [6.45, 7) is 9.70. The molecule has 1 N–H and O–H groups in total. The Bertz CT molecular complexity index is 1870. The summed E-state index contributed by atoms with van der Waals surface area (Å²) in [5.41, 5.74) is -2.96. The molecule has 2 aromatic carbocycles. The van der Waals surface area contributed by atoms with Gasteiger partial charge in [-0.1, -0.05) is 19.8 Å². The van der Waals surface area contributed by atoms with E-state index in [1.807, 2.05) is 4.90 Å². The second kappa shape index (κ2) is 16.2. The minimum Gasteiger partial charge on any atom is -0.466 e.